The highest BCUT2D eigenvalue weighted by molar-refractivity contribution is 6.42. The highest BCUT2D eigenvalue weighted by atomic mass is 35.5. The van der Waals surface area contributed by atoms with E-state index in [0.717, 1.165) is 44.2 Å². The van der Waals surface area contributed by atoms with E-state index in [1.807, 2.05) is 0 Å². The van der Waals surface area contributed by atoms with Crippen molar-refractivity contribution in [2.75, 3.05) is 0 Å². The molecule has 138 valence electrons. The number of amides is 2. The highest BCUT2D eigenvalue weighted by Gasteiger charge is 2.66. The standard InChI is InChI=1S/C15H15Cl2F3N2O3/c16-9-6-11-12(7-10(9)17)25-15(24-11,14(18,19)20)22-13(23)21-8-4-2-1-3-5-8/h6-8H,1-5H2,(H2,21,22,23). The lowest BCUT2D eigenvalue weighted by Crippen LogP contribution is -2.66. The molecule has 2 amide bonds. The van der Waals surface area contributed by atoms with E-state index < -0.39 is 18.1 Å². The number of alkyl halides is 3. The Hall–Kier alpha value is -1.54. The van der Waals surface area contributed by atoms with Crippen LogP contribution < -0.4 is 20.1 Å². The van der Waals surface area contributed by atoms with Crippen LogP contribution in [-0.2, 0) is 0 Å². The third-order valence-corrected chi connectivity index (χ3v) is 4.81. The minimum Gasteiger partial charge on any atom is -0.424 e. The summed E-state index contributed by atoms with van der Waals surface area (Å²) < 4.78 is 50.5. The summed E-state index contributed by atoms with van der Waals surface area (Å²) in [7, 11) is 0. The molecule has 1 aromatic rings. The lowest BCUT2D eigenvalue weighted by atomic mass is 9.96. The first kappa shape index (κ1) is 18.3. The summed E-state index contributed by atoms with van der Waals surface area (Å²) in [6.45, 7) is 0. The smallest absolute Gasteiger partial charge is 0.424 e. The average Bonchev–Trinajstić information content (AvgIpc) is 2.86. The third kappa shape index (κ3) is 3.69. The predicted octanol–water partition coefficient (Wildman–Crippen LogP) is 4.61. The van der Waals surface area contributed by atoms with Gasteiger partial charge in [-0.05, 0) is 12.8 Å². The number of nitrogens with one attached hydrogen (secondary N) is 2. The number of rotatable bonds is 2. The molecule has 1 aromatic carbocycles. The first-order valence-corrected chi connectivity index (χ1v) is 8.48. The molecular weight excluding hydrogens is 384 g/mol. The number of carbonyl (C=O) groups is 1. The summed E-state index contributed by atoms with van der Waals surface area (Å²) in [6.07, 6.45) is -0.695. The third-order valence-electron chi connectivity index (χ3n) is 4.09. The van der Waals surface area contributed by atoms with Gasteiger partial charge in [0.1, 0.15) is 0 Å². The summed E-state index contributed by atoms with van der Waals surface area (Å²) in [5.41, 5.74) is 0. The van der Waals surface area contributed by atoms with Gasteiger partial charge in [0.25, 0.3) is 0 Å². The van der Waals surface area contributed by atoms with Gasteiger partial charge in [0.15, 0.2) is 11.5 Å². The maximum Gasteiger partial charge on any atom is 0.492 e. The second-order valence-corrected chi connectivity index (χ2v) is 6.78. The lowest BCUT2D eigenvalue weighted by Gasteiger charge is -2.31. The number of carbonyl (C=O) groups excluding carboxylic acids is 1. The molecule has 5 nitrogen and oxygen atoms in total. The Morgan fingerprint density at radius 2 is 1.60 bits per heavy atom. The molecule has 10 heteroatoms. The van der Waals surface area contributed by atoms with Gasteiger partial charge < -0.3 is 14.8 Å². The molecule has 0 spiro atoms. The van der Waals surface area contributed by atoms with Gasteiger partial charge in [-0.2, -0.15) is 13.2 Å². The number of halogens is 5. The van der Waals surface area contributed by atoms with Crippen LogP contribution in [0.3, 0.4) is 0 Å². The van der Waals surface area contributed by atoms with Crippen LogP contribution in [-0.4, -0.2) is 24.2 Å². The topological polar surface area (TPSA) is 59.6 Å². The second-order valence-electron chi connectivity index (χ2n) is 5.96. The van der Waals surface area contributed by atoms with Crippen molar-refractivity contribution in [3.05, 3.63) is 22.2 Å². The summed E-state index contributed by atoms with van der Waals surface area (Å²) >= 11 is 11.6. The zero-order chi connectivity index (χ0) is 18.2. The SMILES string of the molecule is O=C(NC1CCCCC1)NC1(C(F)(F)F)Oc2cc(Cl)c(Cl)cc2O1. The van der Waals surface area contributed by atoms with Crippen molar-refractivity contribution in [2.24, 2.45) is 0 Å². The molecular formula is C15H15Cl2F3N2O3. The number of hydrogen-bond donors (Lipinski definition) is 2. The van der Waals surface area contributed by atoms with Gasteiger partial charge in [-0.3, -0.25) is 5.32 Å². The van der Waals surface area contributed by atoms with Crippen molar-refractivity contribution >= 4 is 29.2 Å². The predicted molar refractivity (Wildman–Crippen MR) is 85.0 cm³/mol. The van der Waals surface area contributed by atoms with Crippen LogP contribution in [0, 0.1) is 0 Å². The van der Waals surface area contributed by atoms with Crippen molar-refractivity contribution in [1.29, 1.82) is 0 Å². The van der Waals surface area contributed by atoms with Crippen LogP contribution in [0.2, 0.25) is 10.0 Å². The van der Waals surface area contributed by atoms with Crippen molar-refractivity contribution in [2.45, 2.75) is 50.2 Å². The summed E-state index contributed by atoms with van der Waals surface area (Å²) in [6, 6.07) is 1.02. The van der Waals surface area contributed by atoms with Crippen LogP contribution in [0.4, 0.5) is 18.0 Å². The largest absolute Gasteiger partial charge is 0.492 e. The van der Waals surface area contributed by atoms with E-state index in [1.165, 1.54) is 0 Å². The van der Waals surface area contributed by atoms with Gasteiger partial charge >= 0.3 is 18.1 Å². The molecule has 3 rings (SSSR count). The number of benzene rings is 1. The van der Waals surface area contributed by atoms with E-state index in [2.05, 4.69) is 5.32 Å². The molecule has 0 saturated heterocycles. The minimum atomic E-state index is -5.03. The molecule has 0 atom stereocenters. The summed E-state index contributed by atoms with van der Waals surface area (Å²) in [4.78, 5) is 12.1. The van der Waals surface area contributed by atoms with Gasteiger partial charge in [0.05, 0.1) is 10.0 Å². The molecule has 1 heterocycles. The van der Waals surface area contributed by atoms with E-state index in [4.69, 9.17) is 32.7 Å². The van der Waals surface area contributed by atoms with Crippen LogP contribution in [0.25, 0.3) is 0 Å². The Bertz CT molecular complexity index is 648. The van der Waals surface area contributed by atoms with Crippen LogP contribution >= 0.6 is 23.2 Å². The van der Waals surface area contributed by atoms with Crippen molar-refractivity contribution in [1.82, 2.24) is 10.6 Å². The fourth-order valence-electron chi connectivity index (χ4n) is 2.86. The average molecular weight is 399 g/mol. The van der Waals surface area contributed by atoms with Gasteiger partial charge in [0.2, 0.25) is 0 Å². The van der Waals surface area contributed by atoms with Crippen LogP contribution in [0.5, 0.6) is 11.5 Å². The van der Waals surface area contributed by atoms with E-state index in [0.29, 0.717) is 0 Å². The summed E-state index contributed by atoms with van der Waals surface area (Å²) in [5.74, 6) is -3.85. The molecule has 1 saturated carbocycles. The Kier molecular flexibility index (Phi) is 4.85. The molecule has 1 fully saturated rings. The second kappa shape index (κ2) is 6.64. The molecule has 1 aliphatic carbocycles. The molecule has 0 aromatic heterocycles. The van der Waals surface area contributed by atoms with Gasteiger partial charge in [-0.25, -0.2) is 4.79 Å². The number of urea groups is 1. The van der Waals surface area contributed by atoms with E-state index in [-0.39, 0.29) is 27.6 Å². The maximum atomic E-state index is 13.6. The van der Waals surface area contributed by atoms with Gasteiger partial charge in [-0.1, -0.05) is 42.5 Å². The molecule has 0 unspecified atom stereocenters. The number of ether oxygens (including phenoxy) is 2. The Labute approximate surface area is 151 Å². The fourth-order valence-corrected chi connectivity index (χ4v) is 3.16. The highest BCUT2D eigenvalue weighted by Crippen LogP contribution is 2.47. The van der Waals surface area contributed by atoms with E-state index in [9.17, 15) is 18.0 Å². The number of hydrogen-bond acceptors (Lipinski definition) is 3. The van der Waals surface area contributed by atoms with Crippen LogP contribution in [0.1, 0.15) is 32.1 Å². The Morgan fingerprint density at radius 1 is 1.08 bits per heavy atom. The quantitative estimate of drug-likeness (QED) is 0.764. The number of fused-ring (bicyclic) bond motifs is 1. The van der Waals surface area contributed by atoms with Crippen LogP contribution in [0.15, 0.2) is 12.1 Å². The van der Waals surface area contributed by atoms with Crippen molar-refractivity contribution in [3.8, 4) is 11.5 Å². The Morgan fingerprint density at radius 3 is 2.08 bits per heavy atom. The monoisotopic (exact) mass is 398 g/mol. The van der Waals surface area contributed by atoms with Gasteiger partial charge in [0, 0.05) is 18.2 Å². The lowest BCUT2D eigenvalue weighted by molar-refractivity contribution is -0.317. The molecule has 0 radical (unpaired) electrons. The summed E-state index contributed by atoms with van der Waals surface area (Å²) in [5, 5.41) is 4.31. The van der Waals surface area contributed by atoms with Crippen molar-refractivity contribution < 1.29 is 27.4 Å². The Balaban J connectivity index is 1.78. The van der Waals surface area contributed by atoms with E-state index >= 15 is 0 Å². The van der Waals surface area contributed by atoms with Crippen molar-refractivity contribution in [3.63, 3.8) is 0 Å². The zero-order valence-corrected chi connectivity index (χ0v) is 14.4. The fraction of sp³-hybridized carbons (Fsp3) is 0.533. The molecule has 2 aliphatic rings. The molecule has 1 aliphatic heterocycles. The normalized spacial score (nSPS) is 19.6. The minimum absolute atomic E-state index is 0.00801. The van der Waals surface area contributed by atoms with E-state index in [1.54, 1.807) is 5.32 Å². The first-order valence-electron chi connectivity index (χ1n) is 7.73. The first-order chi connectivity index (χ1) is 11.7. The maximum absolute atomic E-state index is 13.6. The van der Waals surface area contributed by atoms with Gasteiger partial charge in [-0.15, -0.1) is 0 Å². The molecule has 0 bridgehead atoms. The molecule has 25 heavy (non-hydrogen) atoms. The molecule has 2 N–H and O–H groups in total. The zero-order valence-electron chi connectivity index (χ0n) is 12.9.